The number of nitrogens with zero attached hydrogens (tertiary/aromatic N) is 5. The zero-order chi connectivity index (χ0) is 25.4. The summed E-state index contributed by atoms with van der Waals surface area (Å²) < 4.78 is 0. The molecule has 6 heteroatoms. The van der Waals surface area contributed by atoms with Crippen molar-refractivity contribution in [1.82, 2.24) is 14.9 Å². The molecule has 1 atom stereocenters. The smallest absolute Gasteiger partial charge is 0.161 e. The highest BCUT2D eigenvalue weighted by Gasteiger charge is 2.26. The zero-order valence-electron chi connectivity index (χ0n) is 21.4. The minimum atomic E-state index is 0.211. The Kier molecular flexibility index (Phi) is 9.15. The van der Waals surface area contributed by atoms with E-state index in [1.807, 2.05) is 68.8 Å². The molecule has 1 aromatic carbocycles. The molecule has 0 aliphatic carbocycles. The molecule has 0 saturated carbocycles. The predicted octanol–water partition coefficient (Wildman–Crippen LogP) is 5.10. The monoisotopic (exact) mass is 471 g/mol. The van der Waals surface area contributed by atoms with E-state index in [9.17, 15) is 5.11 Å². The Morgan fingerprint density at radius 3 is 2.77 bits per heavy atom. The van der Waals surface area contributed by atoms with Crippen molar-refractivity contribution in [2.24, 2.45) is 10.9 Å². The first-order valence-electron chi connectivity index (χ1n) is 12.0. The fraction of sp³-hybridized carbons (Fsp3) is 0.345. The number of aliphatic hydroxyl groups excluding tert-OH is 1. The summed E-state index contributed by atoms with van der Waals surface area (Å²) in [6.45, 7) is 12.0. The van der Waals surface area contributed by atoms with Gasteiger partial charge in [0.15, 0.2) is 5.82 Å². The highest BCUT2D eigenvalue weighted by molar-refractivity contribution is 6.12. The quantitative estimate of drug-likeness (QED) is 0.386. The fourth-order valence-electron chi connectivity index (χ4n) is 4.35. The van der Waals surface area contributed by atoms with Crippen molar-refractivity contribution in [3.05, 3.63) is 78.7 Å². The molecule has 1 fully saturated rings. The molecule has 0 amide bonds. The third-order valence-corrected chi connectivity index (χ3v) is 5.94. The van der Waals surface area contributed by atoms with Crippen molar-refractivity contribution >= 4 is 23.2 Å². The highest BCUT2D eigenvalue weighted by atomic mass is 16.3. The van der Waals surface area contributed by atoms with Crippen LogP contribution in [0.25, 0.3) is 22.5 Å². The summed E-state index contributed by atoms with van der Waals surface area (Å²) in [7, 11) is 5.76. The van der Waals surface area contributed by atoms with Crippen molar-refractivity contribution in [2.75, 3.05) is 45.7 Å². The number of aliphatic hydroxyl groups is 1. The number of aromatic nitrogens is 2. The lowest BCUT2D eigenvalue weighted by molar-refractivity contribution is 0.263. The fourth-order valence-corrected chi connectivity index (χ4v) is 4.35. The first kappa shape index (κ1) is 26.1. The number of aliphatic imine (C=N–C) groups is 1. The van der Waals surface area contributed by atoms with E-state index in [1.165, 1.54) is 0 Å². The topological polar surface area (TPSA) is 64.9 Å². The Morgan fingerprint density at radius 1 is 1.31 bits per heavy atom. The molecule has 2 heterocycles. The molecule has 0 bridgehead atoms. The van der Waals surface area contributed by atoms with Gasteiger partial charge in [-0.05, 0) is 42.9 Å². The summed E-state index contributed by atoms with van der Waals surface area (Å²) >= 11 is 0. The molecule has 1 N–H and O–H groups in total. The molecular formula is C29H37N5O. The van der Waals surface area contributed by atoms with Crippen molar-refractivity contribution in [2.45, 2.75) is 19.8 Å². The van der Waals surface area contributed by atoms with Gasteiger partial charge in [0.2, 0.25) is 0 Å². The van der Waals surface area contributed by atoms with Crippen LogP contribution in [0.4, 0.5) is 5.82 Å². The molecule has 1 aliphatic rings. The minimum Gasteiger partial charge on any atom is -0.396 e. The van der Waals surface area contributed by atoms with E-state index in [0.717, 1.165) is 65.2 Å². The van der Waals surface area contributed by atoms with E-state index in [1.54, 1.807) is 7.05 Å². The lowest BCUT2D eigenvalue weighted by Crippen LogP contribution is -2.23. The van der Waals surface area contributed by atoms with Crippen LogP contribution in [0.1, 0.15) is 30.9 Å². The van der Waals surface area contributed by atoms with Crippen molar-refractivity contribution in [3.63, 3.8) is 0 Å². The van der Waals surface area contributed by atoms with Gasteiger partial charge in [0.25, 0.3) is 0 Å². The lowest BCUT2D eigenvalue weighted by atomic mass is 10.0. The summed E-state index contributed by atoms with van der Waals surface area (Å²) in [5.74, 6) is 2.02. The molecule has 1 aromatic heterocycles. The summed E-state index contributed by atoms with van der Waals surface area (Å²) in [5, 5.41) is 9.44. The lowest BCUT2D eigenvalue weighted by Gasteiger charge is -2.22. The number of anilines is 1. The second-order valence-electron chi connectivity index (χ2n) is 9.21. The van der Waals surface area contributed by atoms with E-state index < -0.39 is 0 Å². The Balaban J connectivity index is 2.11. The number of allylic oxidation sites excluding steroid dienone is 5. The van der Waals surface area contributed by atoms with Gasteiger partial charge in [0, 0.05) is 76.2 Å². The van der Waals surface area contributed by atoms with Gasteiger partial charge in [0.05, 0.1) is 0 Å². The number of hydrogen-bond donors (Lipinski definition) is 1. The number of benzene rings is 1. The van der Waals surface area contributed by atoms with E-state index >= 15 is 0 Å². The van der Waals surface area contributed by atoms with Gasteiger partial charge in [-0.1, -0.05) is 49.1 Å². The van der Waals surface area contributed by atoms with Gasteiger partial charge >= 0.3 is 0 Å². The van der Waals surface area contributed by atoms with Gasteiger partial charge in [0.1, 0.15) is 5.82 Å². The van der Waals surface area contributed by atoms with Crippen molar-refractivity contribution < 1.29 is 5.11 Å². The third-order valence-electron chi connectivity index (χ3n) is 5.94. The molecule has 1 aliphatic heterocycles. The van der Waals surface area contributed by atoms with Crippen LogP contribution in [-0.4, -0.2) is 67.0 Å². The van der Waals surface area contributed by atoms with Crippen LogP contribution in [0.15, 0.2) is 72.5 Å². The van der Waals surface area contributed by atoms with Crippen LogP contribution in [0.5, 0.6) is 0 Å². The second-order valence-corrected chi connectivity index (χ2v) is 9.21. The summed E-state index contributed by atoms with van der Waals surface area (Å²) in [5.41, 5.74) is 5.84. The zero-order valence-corrected chi connectivity index (χ0v) is 21.4. The SMILES string of the molecule is C=C/C(=C\N(C)C)c1cccc(-c2ncc(/C(C=NC)=C/C(=C)C)c(N3CCC(CCO)C3)n2)c1. The highest BCUT2D eigenvalue weighted by Crippen LogP contribution is 2.32. The molecule has 184 valence electrons. The number of hydrogen-bond acceptors (Lipinski definition) is 6. The maximum atomic E-state index is 9.44. The van der Waals surface area contributed by atoms with Gasteiger partial charge in [-0.2, -0.15) is 0 Å². The summed E-state index contributed by atoms with van der Waals surface area (Å²) in [4.78, 5) is 18.4. The van der Waals surface area contributed by atoms with Crippen LogP contribution in [0.2, 0.25) is 0 Å². The van der Waals surface area contributed by atoms with Crippen LogP contribution >= 0.6 is 0 Å². The van der Waals surface area contributed by atoms with Gasteiger partial charge in [-0.3, -0.25) is 4.99 Å². The molecule has 1 saturated heterocycles. The molecule has 1 unspecified atom stereocenters. The number of rotatable bonds is 10. The van der Waals surface area contributed by atoms with Crippen LogP contribution < -0.4 is 4.90 Å². The maximum absolute atomic E-state index is 9.44. The van der Waals surface area contributed by atoms with E-state index in [0.29, 0.717) is 11.7 Å². The Morgan fingerprint density at radius 2 is 2.11 bits per heavy atom. The third kappa shape index (κ3) is 6.76. The predicted molar refractivity (Wildman–Crippen MR) is 149 cm³/mol. The first-order valence-corrected chi connectivity index (χ1v) is 12.0. The second kappa shape index (κ2) is 12.3. The summed E-state index contributed by atoms with van der Waals surface area (Å²) in [6.07, 6.45) is 11.5. The van der Waals surface area contributed by atoms with Gasteiger partial charge < -0.3 is 14.9 Å². The van der Waals surface area contributed by atoms with Crippen molar-refractivity contribution in [1.29, 1.82) is 0 Å². The normalized spacial score (nSPS) is 16.7. The van der Waals surface area contributed by atoms with Crippen molar-refractivity contribution in [3.8, 4) is 11.4 Å². The standard InChI is InChI=1S/C29H37N5O/c1-7-23(20-33(5)6)24-9-8-10-25(16-24)28-31-18-27(26(17-30-4)15-21(2)3)29(32-28)34-13-11-22(19-34)12-14-35/h7-10,15-18,20,22,35H,1-2,11-14,19H2,3-6H3/b23-20+,26-15+,30-17?. The van der Waals surface area contributed by atoms with E-state index in [4.69, 9.17) is 9.97 Å². The average Bonchev–Trinajstić information content (AvgIpc) is 3.30. The average molecular weight is 472 g/mol. The van der Waals surface area contributed by atoms with Crippen LogP contribution in [-0.2, 0) is 0 Å². The van der Waals surface area contributed by atoms with Crippen LogP contribution in [0, 0.1) is 5.92 Å². The van der Waals surface area contributed by atoms with Gasteiger partial charge in [-0.15, -0.1) is 0 Å². The molecule has 35 heavy (non-hydrogen) atoms. The minimum absolute atomic E-state index is 0.211. The Hall–Kier alpha value is -3.51. The van der Waals surface area contributed by atoms with Gasteiger partial charge in [-0.25, -0.2) is 9.97 Å². The summed E-state index contributed by atoms with van der Waals surface area (Å²) in [6, 6.07) is 8.24. The van der Waals surface area contributed by atoms with Crippen LogP contribution in [0.3, 0.4) is 0 Å². The molecule has 6 nitrogen and oxygen atoms in total. The molecular weight excluding hydrogens is 434 g/mol. The van der Waals surface area contributed by atoms with E-state index in [-0.39, 0.29) is 6.61 Å². The Labute approximate surface area is 209 Å². The molecule has 2 aromatic rings. The van der Waals surface area contributed by atoms with E-state index in [2.05, 4.69) is 35.2 Å². The molecule has 0 radical (unpaired) electrons. The Bertz CT molecular complexity index is 1150. The largest absolute Gasteiger partial charge is 0.396 e. The molecule has 3 rings (SSSR count). The molecule has 0 spiro atoms. The first-order chi connectivity index (χ1) is 16.9. The maximum Gasteiger partial charge on any atom is 0.161 e.